The summed E-state index contributed by atoms with van der Waals surface area (Å²) in [7, 11) is -1.88. The highest BCUT2D eigenvalue weighted by molar-refractivity contribution is 7.89. The summed E-state index contributed by atoms with van der Waals surface area (Å²) in [5.41, 5.74) is 3.60. The molecule has 2 aromatic rings. The molecule has 0 spiro atoms. The summed E-state index contributed by atoms with van der Waals surface area (Å²) >= 11 is 0. The fourth-order valence-electron chi connectivity index (χ4n) is 5.80. The molecule has 6 nitrogen and oxygen atoms in total. The molecule has 1 amide bonds. The van der Waals surface area contributed by atoms with Crippen molar-refractivity contribution in [2.75, 3.05) is 26.7 Å². The maximum absolute atomic E-state index is 13.4. The summed E-state index contributed by atoms with van der Waals surface area (Å²) in [6.45, 7) is 1.57. The predicted molar refractivity (Wildman–Crippen MR) is 131 cm³/mol. The van der Waals surface area contributed by atoms with Crippen molar-refractivity contribution in [1.29, 1.82) is 0 Å². The molecule has 7 heteroatoms. The molecule has 2 fully saturated rings. The number of sulfonamides is 1. The van der Waals surface area contributed by atoms with Crippen molar-refractivity contribution in [1.82, 2.24) is 9.21 Å². The normalized spacial score (nSPS) is 21.9. The highest BCUT2D eigenvalue weighted by atomic mass is 32.2. The number of likely N-dealkylation sites (tertiary alicyclic amines) is 1. The maximum Gasteiger partial charge on any atom is 0.243 e. The Morgan fingerprint density at radius 1 is 0.882 bits per heavy atom. The summed E-state index contributed by atoms with van der Waals surface area (Å²) in [4.78, 5) is 15.8. The van der Waals surface area contributed by atoms with Crippen LogP contribution in [0.5, 0.6) is 5.75 Å². The Morgan fingerprint density at radius 3 is 2.29 bits per heavy atom. The van der Waals surface area contributed by atoms with Gasteiger partial charge in [0.1, 0.15) is 5.75 Å². The summed E-state index contributed by atoms with van der Waals surface area (Å²) in [5, 5.41) is 0. The zero-order valence-corrected chi connectivity index (χ0v) is 20.7. The standard InChI is InChI=1S/C27H34N2O4S/c1-33-24-11-8-21(9-12-24)26-7-4-16-29(26)27(30)22-14-17-28(18-15-22)34(31,32)25-13-10-20-5-2-3-6-23(20)19-25/h8-13,19,22,26H,2-7,14-18H2,1H3. The zero-order chi connectivity index (χ0) is 23.7. The van der Waals surface area contributed by atoms with Gasteiger partial charge in [-0.25, -0.2) is 8.42 Å². The molecule has 1 unspecified atom stereocenters. The number of piperidine rings is 1. The van der Waals surface area contributed by atoms with E-state index in [1.54, 1.807) is 17.5 Å². The third-order valence-electron chi connectivity index (χ3n) is 7.80. The maximum atomic E-state index is 13.4. The van der Waals surface area contributed by atoms with E-state index in [9.17, 15) is 13.2 Å². The lowest BCUT2D eigenvalue weighted by Crippen LogP contribution is -2.44. The van der Waals surface area contributed by atoms with E-state index in [0.717, 1.165) is 50.0 Å². The Labute approximate surface area is 203 Å². The van der Waals surface area contributed by atoms with Gasteiger partial charge < -0.3 is 9.64 Å². The van der Waals surface area contributed by atoms with E-state index in [-0.39, 0.29) is 17.9 Å². The van der Waals surface area contributed by atoms with Gasteiger partial charge >= 0.3 is 0 Å². The van der Waals surface area contributed by atoms with E-state index in [1.165, 1.54) is 17.5 Å². The van der Waals surface area contributed by atoms with Gasteiger partial charge in [0, 0.05) is 25.6 Å². The average Bonchev–Trinajstić information content (AvgIpc) is 3.38. The van der Waals surface area contributed by atoms with Crippen molar-refractivity contribution in [3.8, 4) is 5.75 Å². The lowest BCUT2D eigenvalue weighted by molar-refractivity contribution is -0.137. The first-order chi connectivity index (χ1) is 16.5. The second-order valence-corrected chi connectivity index (χ2v) is 11.7. The second-order valence-electron chi connectivity index (χ2n) is 9.78. The van der Waals surface area contributed by atoms with Gasteiger partial charge in [-0.1, -0.05) is 18.2 Å². The molecule has 34 heavy (non-hydrogen) atoms. The average molecular weight is 483 g/mol. The van der Waals surface area contributed by atoms with Crippen molar-refractivity contribution in [3.05, 3.63) is 59.2 Å². The summed E-state index contributed by atoms with van der Waals surface area (Å²) in [6.07, 6.45) is 7.41. The Balaban J connectivity index is 1.24. The SMILES string of the molecule is COc1ccc(C2CCCN2C(=O)C2CCN(S(=O)(=O)c3ccc4c(c3)CCCC4)CC2)cc1. The fourth-order valence-corrected chi connectivity index (χ4v) is 7.32. The molecule has 2 aliphatic heterocycles. The molecule has 5 rings (SSSR count). The van der Waals surface area contributed by atoms with Crippen LogP contribution in [0.4, 0.5) is 0 Å². The van der Waals surface area contributed by atoms with Crippen LogP contribution in [0.2, 0.25) is 0 Å². The summed E-state index contributed by atoms with van der Waals surface area (Å²) in [6, 6.07) is 13.7. The molecule has 3 aliphatic rings. The lowest BCUT2D eigenvalue weighted by atomic mass is 9.92. The smallest absolute Gasteiger partial charge is 0.243 e. The van der Waals surface area contributed by atoms with Crippen LogP contribution in [0.1, 0.15) is 61.3 Å². The van der Waals surface area contributed by atoms with Crippen LogP contribution < -0.4 is 4.74 Å². The number of carbonyl (C=O) groups excluding carboxylic acids is 1. The van der Waals surface area contributed by atoms with Gasteiger partial charge in [0.2, 0.25) is 15.9 Å². The van der Waals surface area contributed by atoms with Crippen LogP contribution >= 0.6 is 0 Å². The molecule has 1 atom stereocenters. The number of methoxy groups -OCH3 is 1. The number of nitrogens with zero attached hydrogens (tertiary/aromatic N) is 2. The minimum absolute atomic E-state index is 0.0932. The van der Waals surface area contributed by atoms with E-state index in [4.69, 9.17) is 4.74 Å². The Morgan fingerprint density at radius 2 is 1.59 bits per heavy atom. The zero-order valence-electron chi connectivity index (χ0n) is 19.9. The van der Waals surface area contributed by atoms with Crippen molar-refractivity contribution in [3.63, 3.8) is 0 Å². The highest BCUT2D eigenvalue weighted by Crippen LogP contribution is 2.36. The van der Waals surface area contributed by atoms with Crippen LogP contribution in [0.25, 0.3) is 0 Å². The first kappa shape index (κ1) is 23.4. The third-order valence-corrected chi connectivity index (χ3v) is 9.69. The van der Waals surface area contributed by atoms with Gasteiger partial charge in [-0.2, -0.15) is 4.31 Å². The number of hydrogen-bond acceptors (Lipinski definition) is 4. The van der Waals surface area contributed by atoms with Gasteiger partial charge in [-0.15, -0.1) is 0 Å². The monoisotopic (exact) mass is 482 g/mol. The topological polar surface area (TPSA) is 66.9 Å². The third kappa shape index (κ3) is 4.48. The molecule has 2 heterocycles. The predicted octanol–water partition coefficient (Wildman–Crippen LogP) is 4.34. The molecular formula is C27H34N2O4S. The number of rotatable bonds is 5. The highest BCUT2D eigenvalue weighted by Gasteiger charge is 2.37. The van der Waals surface area contributed by atoms with Crippen LogP contribution in [-0.2, 0) is 27.7 Å². The fraction of sp³-hybridized carbons (Fsp3) is 0.519. The van der Waals surface area contributed by atoms with Crippen LogP contribution in [-0.4, -0.2) is 50.3 Å². The first-order valence-electron chi connectivity index (χ1n) is 12.5. The first-order valence-corrected chi connectivity index (χ1v) is 14.0. The van der Waals surface area contributed by atoms with Crippen LogP contribution in [0.15, 0.2) is 47.4 Å². The lowest BCUT2D eigenvalue weighted by Gasteiger charge is -2.34. The van der Waals surface area contributed by atoms with Crippen molar-refractivity contribution in [2.45, 2.75) is 62.3 Å². The minimum Gasteiger partial charge on any atom is -0.497 e. The molecule has 0 bridgehead atoms. The number of carbonyl (C=O) groups is 1. The Bertz CT molecular complexity index is 1140. The van der Waals surface area contributed by atoms with Gasteiger partial charge in [-0.3, -0.25) is 4.79 Å². The molecule has 0 aromatic heterocycles. The van der Waals surface area contributed by atoms with E-state index in [0.29, 0.717) is 30.8 Å². The number of hydrogen-bond donors (Lipinski definition) is 0. The Hall–Kier alpha value is -2.38. The van der Waals surface area contributed by atoms with Gasteiger partial charge in [0.05, 0.1) is 18.0 Å². The molecular weight excluding hydrogens is 448 g/mol. The Kier molecular flexibility index (Phi) is 6.67. The number of benzene rings is 2. The molecule has 2 saturated heterocycles. The van der Waals surface area contributed by atoms with Gasteiger partial charge in [0.15, 0.2) is 0 Å². The quantitative estimate of drug-likeness (QED) is 0.636. The summed E-state index contributed by atoms with van der Waals surface area (Å²) in [5.74, 6) is 0.866. The van der Waals surface area contributed by atoms with E-state index < -0.39 is 10.0 Å². The van der Waals surface area contributed by atoms with E-state index >= 15 is 0 Å². The molecule has 0 saturated carbocycles. The molecule has 1 aliphatic carbocycles. The summed E-state index contributed by atoms with van der Waals surface area (Å²) < 4.78 is 33.5. The molecule has 0 radical (unpaired) electrons. The number of fused-ring (bicyclic) bond motifs is 1. The molecule has 182 valence electrons. The van der Waals surface area contributed by atoms with Crippen LogP contribution in [0.3, 0.4) is 0 Å². The van der Waals surface area contributed by atoms with E-state index in [1.807, 2.05) is 41.3 Å². The minimum atomic E-state index is -3.53. The van der Waals surface area contributed by atoms with Crippen molar-refractivity contribution >= 4 is 15.9 Å². The largest absolute Gasteiger partial charge is 0.497 e. The van der Waals surface area contributed by atoms with Crippen molar-refractivity contribution in [2.24, 2.45) is 5.92 Å². The number of ether oxygens (including phenoxy) is 1. The van der Waals surface area contributed by atoms with E-state index in [2.05, 4.69) is 0 Å². The van der Waals surface area contributed by atoms with Gasteiger partial charge in [-0.05, 0) is 92.3 Å². The second kappa shape index (κ2) is 9.70. The molecule has 0 N–H and O–H groups in total. The van der Waals surface area contributed by atoms with Crippen LogP contribution in [0, 0.1) is 5.92 Å². The molecule has 2 aromatic carbocycles. The van der Waals surface area contributed by atoms with Gasteiger partial charge in [0.25, 0.3) is 0 Å². The number of amides is 1. The van der Waals surface area contributed by atoms with Crippen molar-refractivity contribution < 1.29 is 17.9 Å². The number of aryl methyl sites for hydroxylation is 2.